The molecule has 0 bridgehead atoms. The van der Waals surface area contributed by atoms with Crippen LogP contribution < -0.4 is 0 Å². The highest BCUT2D eigenvalue weighted by Crippen LogP contribution is 2.40. The standard InChI is InChI=1S/C7H6F10O/c1-2(18-7(16,17)4(9)10)5(11,12)3(8)6(13,14)15/h2-4H,1H3. The van der Waals surface area contributed by atoms with E-state index >= 15 is 0 Å². The maximum absolute atomic E-state index is 12.7. The average Bonchev–Trinajstić information content (AvgIpc) is 2.13. The van der Waals surface area contributed by atoms with Gasteiger partial charge in [0.25, 0.3) is 6.17 Å². The SMILES string of the molecule is CC(OC(F)(F)C(F)F)C(F)(F)C(F)C(F)(F)F. The van der Waals surface area contributed by atoms with E-state index in [1.54, 1.807) is 0 Å². The summed E-state index contributed by atoms with van der Waals surface area (Å²) in [5.74, 6) is -5.43. The molecule has 0 N–H and O–H groups in total. The van der Waals surface area contributed by atoms with Crippen LogP contribution in [-0.4, -0.2) is 36.9 Å². The van der Waals surface area contributed by atoms with Gasteiger partial charge in [0.1, 0.15) is 6.10 Å². The van der Waals surface area contributed by atoms with Crippen molar-refractivity contribution in [3.05, 3.63) is 0 Å². The summed E-state index contributed by atoms with van der Waals surface area (Å²) < 4.78 is 123. The van der Waals surface area contributed by atoms with E-state index in [-0.39, 0.29) is 6.92 Å². The minimum absolute atomic E-state index is 0.0748. The Balaban J connectivity index is 4.93. The first-order chi connectivity index (χ1) is 7.73. The summed E-state index contributed by atoms with van der Waals surface area (Å²) in [6.07, 6.45) is -24.2. The zero-order chi connectivity index (χ0) is 14.9. The first-order valence-corrected chi connectivity index (χ1v) is 4.15. The minimum Gasteiger partial charge on any atom is -0.306 e. The second-order valence-corrected chi connectivity index (χ2v) is 3.20. The van der Waals surface area contributed by atoms with Crippen molar-refractivity contribution in [1.82, 2.24) is 0 Å². The van der Waals surface area contributed by atoms with Crippen molar-refractivity contribution in [2.24, 2.45) is 0 Å². The molecule has 0 saturated heterocycles. The number of rotatable bonds is 5. The van der Waals surface area contributed by atoms with Crippen LogP contribution in [0.5, 0.6) is 0 Å². The molecule has 0 saturated carbocycles. The lowest BCUT2D eigenvalue weighted by atomic mass is 10.1. The molecule has 2 atom stereocenters. The monoisotopic (exact) mass is 296 g/mol. The average molecular weight is 296 g/mol. The summed E-state index contributed by atoms with van der Waals surface area (Å²) in [4.78, 5) is 0. The fourth-order valence-corrected chi connectivity index (χ4v) is 0.790. The number of hydrogen-bond acceptors (Lipinski definition) is 1. The smallest absolute Gasteiger partial charge is 0.306 e. The van der Waals surface area contributed by atoms with Crippen molar-refractivity contribution in [3.63, 3.8) is 0 Å². The van der Waals surface area contributed by atoms with Gasteiger partial charge in [-0.2, -0.15) is 22.0 Å². The second kappa shape index (κ2) is 5.10. The molecule has 0 spiro atoms. The normalized spacial score (nSPS) is 18.0. The van der Waals surface area contributed by atoms with E-state index < -0.39 is 36.9 Å². The molecule has 0 aromatic heterocycles. The summed E-state index contributed by atoms with van der Waals surface area (Å²) in [5.41, 5.74) is 0. The fourth-order valence-electron chi connectivity index (χ4n) is 0.790. The zero-order valence-corrected chi connectivity index (χ0v) is 8.42. The molecule has 110 valence electrons. The third-order valence-corrected chi connectivity index (χ3v) is 1.76. The predicted molar refractivity (Wildman–Crippen MR) is 37.4 cm³/mol. The summed E-state index contributed by atoms with van der Waals surface area (Å²) >= 11 is 0. The third kappa shape index (κ3) is 3.89. The van der Waals surface area contributed by atoms with Crippen LogP contribution >= 0.6 is 0 Å². The molecular formula is C7H6F10O. The van der Waals surface area contributed by atoms with Crippen LogP contribution in [0.15, 0.2) is 0 Å². The predicted octanol–water partition coefficient (Wildman–Crippen LogP) is 3.79. The molecule has 1 nitrogen and oxygen atoms in total. The van der Waals surface area contributed by atoms with Crippen LogP contribution in [0.1, 0.15) is 6.92 Å². The highest BCUT2D eigenvalue weighted by molar-refractivity contribution is 4.88. The topological polar surface area (TPSA) is 9.23 Å². The first-order valence-electron chi connectivity index (χ1n) is 4.15. The lowest BCUT2D eigenvalue weighted by molar-refractivity contribution is -0.356. The van der Waals surface area contributed by atoms with Gasteiger partial charge in [0.2, 0.25) is 0 Å². The molecule has 18 heavy (non-hydrogen) atoms. The molecule has 0 aromatic rings. The van der Waals surface area contributed by atoms with Crippen molar-refractivity contribution >= 4 is 0 Å². The Morgan fingerprint density at radius 2 is 1.22 bits per heavy atom. The van der Waals surface area contributed by atoms with Crippen molar-refractivity contribution < 1.29 is 48.6 Å². The first kappa shape index (κ1) is 17.3. The van der Waals surface area contributed by atoms with Gasteiger partial charge in [0.05, 0.1) is 0 Å². The number of halogens is 10. The Morgan fingerprint density at radius 3 is 1.50 bits per heavy atom. The summed E-state index contributed by atoms with van der Waals surface area (Å²) in [7, 11) is 0. The third-order valence-electron chi connectivity index (χ3n) is 1.76. The van der Waals surface area contributed by atoms with E-state index in [9.17, 15) is 43.9 Å². The lowest BCUT2D eigenvalue weighted by Gasteiger charge is -2.30. The maximum atomic E-state index is 12.7. The molecule has 0 heterocycles. The van der Waals surface area contributed by atoms with Crippen LogP contribution in [0.3, 0.4) is 0 Å². The highest BCUT2D eigenvalue weighted by atomic mass is 19.4. The highest BCUT2D eigenvalue weighted by Gasteiger charge is 2.62. The zero-order valence-electron chi connectivity index (χ0n) is 8.42. The van der Waals surface area contributed by atoms with Gasteiger partial charge in [-0.25, -0.2) is 22.0 Å². The van der Waals surface area contributed by atoms with Crippen molar-refractivity contribution in [2.75, 3.05) is 0 Å². The summed E-state index contributed by atoms with van der Waals surface area (Å²) in [5, 5.41) is 0. The Bertz CT molecular complexity index is 272. The molecular weight excluding hydrogens is 290 g/mol. The largest absolute Gasteiger partial charge is 0.425 e. The van der Waals surface area contributed by atoms with Crippen LogP contribution in [0.25, 0.3) is 0 Å². The molecule has 0 rings (SSSR count). The lowest BCUT2D eigenvalue weighted by Crippen LogP contribution is -2.52. The number of alkyl halides is 10. The molecule has 0 aliphatic heterocycles. The van der Waals surface area contributed by atoms with Gasteiger partial charge in [0, 0.05) is 0 Å². The molecule has 11 heteroatoms. The minimum atomic E-state index is -6.04. The van der Waals surface area contributed by atoms with Gasteiger partial charge >= 0.3 is 24.6 Å². The van der Waals surface area contributed by atoms with Gasteiger partial charge in [-0.15, -0.1) is 0 Å². The number of hydrogen-bond donors (Lipinski definition) is 0. The molecule has 0 aliphatic rings. The molecule has 0 aromatic carbocycles. The summed E-state index contributed by atoms with van der Waals surface area (Å²) in [6, 6.07) is 0. The van der Waals surface area contributed by atoms with Crippen LogP contribution in [0.4, 0.5) is 43.9 Å². The van der Waals surface area contributed by atoms with Gasteiger partial charge in [-0.1, -0.05) is 0 Å². The van der Waals surface area contributed by atoms with E-state index in [1.165, 1.54) is 0 Å². The van der Waals surface area contributed by atoms with Gasteiger partial charge in [-0.05, 0) is 6.92 Å². The Hall–Kier alpha value is -0.740. The molecule has 0 fully saturated rings. The Kier molecular flexibility index (Phi) is 4.89. The molecule has 0 amide bonds. The van der Waals surface area contributed by atoms with E-state index in [4.69, 9.17) is 0 Å². The van der Waals surface area contributed by atoms with E-state index in [0.717, 1.165) is 0 Å². The van der Waals surface area contributed by atoms with Crippen LogP contribution in [0, 0.1) is 0 Å². The van der Waals surface area contributed by atoms with E-state index in [0.29, 0.717) is 0 Å². The molecule has 0 radical (unpaired) electrons. The van der Waals surface area contributed by atoms with Gasteiger partial charge in [0.15, 0.2) is 0 Å². The van der Waals surface area contributed by atoms with Crippen molar-refractivity contribution in [2.45, 2.75) is 43.8 Å². The van der Waals surface area contributed by atoms with Crippen molar-refractivity contribution in [1.29, 1.82) is 0 Å². The van der Waals surface area contributed by atoms with Gasteiger partial charge < -0.3 is 4.74 Å². The fraction of sp³-hybridized carbons (Fsp3) is 1.00. The molecule has 0 aliphatic carbocycles. The van der Waals surface area contributed by atoms with E-state index in [2.05, 4.69) is 4.74 Å². The van der Waals surface area contributed by atoms with Crippen molar-refractivity contribution in [3.8, 4) is 0 Å². The Morgan fingerprint density at radius 1 is 0.833 bits per heavy atom. The van der Waals surface area contributed by atoms with Crippen LogP contribution in [0.2, 0.25) is 0 Å². The Labute approximate surface area is 93.7 Å². The second-order valence-electron chi connectivity index (χ2n) is 3.20. The molecule has 2 unspecified atom stereocenters. The maximum Gasteiger partial charge on any atom is 0.425 e. The quantitative estimate of drug-likeness (QED) is 0.701. The van der Waals surface area contributed by atoms with Gasteiger partial charge in [-0.3, -0.25) is 0 Å². The van der Waals surface area contributed by atoms with E-state index in [1.807, 2.05) is 0 Å². The van der Waals surface area contributed by atoms with Crippen LogP contribution in [-0.2, 0) is 4.74 Å². The summed E-state index contributed by atoms with van der Waals surface area (Å²) in [6.45, 7) is -0.0748. The number of ether oxygens (including phenoxy) is 1.